The highest BCUT2D eigenvalue weighted by Crippen LogP contribution is 2.33. The number of carbonyl (C=O) groups is 1. The summed E-state index contributed by atoms with van der Waals surface area (Å²) < 4.78 is 9.53. The third-order valence-corrected chi connectivity index (χ3v) is 4.42. The van der Waals surface area contributed by atoms with Gasteiger partial charge in [-0.3, -0.25) is 0 Å². The molecule has 0 fully saturated rings. The fourth-order valence-electron chi connectivity index (χ4n) is 2.63. The Morgan fingerprint density at radius 1 is 0.750 bits per heavy atom. The van der Waals surface area contributed by atoms with Crippen molar-refractivity contribution in [1.82, 2.24) is 0 Å². The van der Waals surface area contributed by atoms with Crippen molar-refractivity contribution in [2.45, 2.75) is 45.4 Å². The van der Waals surface area contributed by atoms with Gasteiger partial charge in [-0.1, -0.05) is 71.0 Å². The highest BCUT2D eigenvalue weighted by Gasteiger charge is 2.24. The van der Waals surface area contributed by atoms with Crippen LogP contribution in [0.1, 0.15) is 51.3 Å². The summed E-state index contributed by atoms with van der Waals surface area (Å²) in [4.78, 5) is 11.2. The molecule has 0 aliphatic heterocycles. The third kappa shape index (κ3) is 3.97. The molecule has 0 radical (unpaired) electrons. The number of carbonyl (C=O) groups excluding carboxylic acids is 1. The van der Waals surface area contributed by atoms with E-state index in [9.17, 15) is 4.79 Å². The van der Waals surface area contributed by atoms with Gasteiger partial charge in [0.15, 0.2) is 0 Å². The summed E-state index contributed by atoms with van der Waals surface area (Å²) >= 11 is 0. The Morgan fingerprint density at radius 3 is 1.58 bits per heavy atom. The van der Waals surface area contributed by atoms with Gasteiger partial charge in [-0.05, 0) is 34.2 Å². The minimum atomic E-state index is -0.709. The maximum Gasteiger partial charge on any atom is 0.513 e. The molecule has 0 aliphatic carbocycles. The topological polar surface area (TPSA) is 35.5 Å². The Balaban J connectivity index is 2.24. The molecule has 0 N–H and O–H groups in total. The maximum atomic E-state index is 11.2. The van der Waals surface area contributed by atoms with Gasteiger partial charge in [0, 0.05) is 5.41 Å². The monoisotopic (exact) mass is 326 g/mol. The lowest BCUT2D eigenvalue weighted by Crippen LogP contribution is -2.19. The van der Waals surface area contributed by atoms with Crippen molar-refractivity contribution in [2.75, 3.05) is 7.11 Å². The van der Waals surface area contributed by atoms with Gasteiger partial charge in [0.1, 0.15) is 5.75 Å². The first-order valence-corrected chi connectivity index (χ1v) is 8.12. The molecule has 0 heterocycles. The molecule has 0 unspecified atom stereocenters. The summed E-state index contributed by atoms with van der Waals surface area (Å²) in [5, 5.41) is 0. The van der Waals surface area contributed by atoms with Crippen LogP contribution in [0.5, 0.6) is 5.75 Å². The van der Waals surface area contributed by atoms with Crippen molar-refractivity contribution in [3.05, 3.63) is 65.2 Å². The third-order valence-electron chi connectivity index (χ3n) is 4.42. The van der Waals surface area contributed by atoms with Crippen molar-refractivity contribution in [1.29, 1.82) is 0 Å². The van der Waals surface area contributed by atoms with Crippen molar-refractivity contribution in [2.24, 2.45) is 0 Å². The number of benzene rings is 2. The molecule has 0 aromatic heterocycles. The number of hydrogen-bond acceptors (Lipinski definition) is 3. The molecule has 2 aromatic rings. The Kier molecular flexibility index (Phi) is 5.02. The second-order valence-electron chi connectivity index (χ2n) is 7.53. The van der Waals surface area contributed by atoms with Crippen LogP contribution >= 0.6 is 0 Å². The summed E-state index contributed by atoms with van der Waals surface area (Å²) in [5.41, 5.74) is 3.74. The van der Waals surface area contributed by atoms with E-state index in [0.29, 0.717) is 5.75 Å². The van der Waals surface area contributed by atoms with E-state index in [1.807, 2.05) is 12.1 Å². The zero-order valence-corrected chi connectivity index (χ0v) is 15.3. The summed E-state index contributed by atoms with van der Waals surface area (Å²) in [7, 11) is 1.29. The van der Waals surface area contributed by atoms with Gasteiger partial charge < -0.3 is 9.47 Å². The molecule has 24 heavy (non-hydrogen) atoms. The quantitative estimate of drug-likeness (QED) is 0.555. The van der Waals surface area contributed by atoms with Crippen molar-refractivity contribution < 1.29 is 14.3 Å². The van der Waals surface area contributed by atoms with Gasteiger partial charge in [-0.2, -0.15) is 0 Å². The van der Waals surface area contributed by atoms with Crippen LogP contribution in [0.2, 0.25) is 0 Å². The molecule has 0 bridgehead atoms. The molecule has 0 saturated heterocycles. The van der Waals surface area contributed by atoms with E-state index in [4.69, 9.17) is 4.74 Å². The van der Waals surface area contributed by atoms with E-state index in [1.165, 1.54) is 18.2 Å². The molecule has 0 saturated carbocycles. The van der Waals surface area contributed by atoms with Crippen LogP contribution in [-0.4, -0.2) is 13.3 Å². The van der Waals surface area contributed by atoms with Crippen molar-refractivity contribution in [3.63, 3.8) is 0 Å². The molecule has 0 aliphatic rings. The van der Waals surface area contributed by atoms with Crippen LogP contribution in [0.15, 0.2) is 48.5 Å². The van der Waals surface area contributed by atoms with Gasteiger partial charge in [0.2, 0.25) is 0 Å². The molecular formula is C21H26O3. The normalized spacial score (nSPS) is 11.9. The number of ether oxygens (including phenoxy) is 2. The van der Waals surface area contributed by atoms with Crippen LogP contribution < -0.4 is 4.74 Å². The van der Waals surface area contributed by atoms with E-state index >= 15 is 0 Å². The fraction of sp³-hybridized carbons (Fsp3) is 0.381. The summed E-state index contributed by atoms with van der Waals surface area (Å²) in [6.07, 6.45) is -0.709. The van der Waals surface area contributed by atoms with E-state index in [-0.39, 0.29) is 10.8 Å². The van der Waals surface area contributed by atoms with Gasteiger partial charge >= 0.3 is 6.16 Å². The first-order chi connectivity index (χ1) is 11.1. The summed E-state index contributed by atoms with van der Waals surface area (Å²) in [6.45, 7) is 11.0. The first-order valence-electron chi connectivity index (χ1n) is 8.12. The molecule has 2 rings (SSSR count). The van der Waals surface area contributed by atoms with Crippen LogP contribution in [0.4, 0.5) is 4.79 Å². The lowest BCUT2D eigenvalue weighted by molar-refractivity contribution is 0.121. The van der Waals surface area contributed by atoms with Crippen molar-refractivity contribution >= 4 is 6.16 Å². The number of methoxy groups -OCH3 is 1. The second-order valence-corrected chi connectivity index (χ2v) is 7.53. The predicted molar refractivity (Wildman–Crippen MR) is 96.7 cm³/mol. The van der Waals surface area contributed by atoms with E-state index < -0.39 is 6.16 Å². The maximum absolute atomic E-state index is 11.2. The van der Waals surface area contributed by atoms with E-state index in [1.54, 1.807) is 12.1 Å². The Hall–Kier alpha value is -2.29. The van der Waals surface area contributed by atoms with Gasteiger partial charge in [0.25, 0.3) is 0 Å². The van der Waals surface area contributed by atoms with Gasteiger partial charge in [0.05, 0.1) is 7.11 Å². The zero-order chi connectivity index (χ0) is 18.0. The summed E-state index contributed by atoms with van der Waals surface area (Å²) in [6, 6.07) is 16.3. The highest BCUT2D eigenvalue weighted by molar-refractivity contribution is 5.63. The van der Waals surface area contributed by atoms with Crippen LogP contribution in [0.25, 0.3) is 0 Å². The lowest BCUT2D eigenvalue weighted by atomic mass is 9.77. The van der Waals surface area contributed by atoms with Crippen LogP contribution in [-0.2, 0) is 15.6 Å². The number of rotatable bonds is 3. The molecule has 0 atom stereocenters. The average molecular weight is 326 g/mol. The average Bonchev–Trinajstić information content (AvgIpc) is 2.54. The molecular weight excluding hydrogens is 300 g/mol. The summed E-state index contributed by atoms with van der Waals surface area (Å²) in [5.74, 6) is 0.476. The molecule has 3 nitrogen and oxygen atoms in total. The Bertz CT molecular complexity index is 689. The van der Waals surface area contributed by atoms with Gasteiger partial charge in [-0.15, -0.1) is 0 Å². The smallest absolute Gasteiger partial charge is 0.437 e. The van der Waals surface area contributed by atoms with E-state index in [2.05, 4.69) is 63.6 Å². The Labute approximate surface area is 144 Å². The molecule has 2 aromatic carbocycles. The highest BCUT2D eigenvalue weighted by atomic mass is 16.7. The molecule has 0 spiro atoms. The molecule has 3 heteroatoms. The zero-order valence-electron chi connectivity index (χ0n) is 15.3. The fourth-order valence-corrected chi connectivity index (χ4v) is 2.63. The minimum Gasteiger partial charge on any atom is -0.437 e. The second kappa shape index (κ2) is 6.68. The van der Waals surface area contributed by atoms with E-state index in [0.717, 1.165) is 5.56 Å². The van der Waals surface area contributed by atoms with Crippen LogP contribution in [0, 0.1) is 0 Å². The standard InChI is InChI=1S/C21H26O3/c1-20(2,3)15-7-9-16(10-8-15)21(4,5)17-11-13-18(14-12-17)24-19(22)23-6/h7-14H,1-6H3. The van der Waals surface area contributed by atoms with Gasteiger partial charge in [-0.25, -0.2) is 4.79 Å². The minimum absolute atomic E-state index is 0.139. The molecule has 0 amide bonds. The van der Waals surface area contributed by atoms with Crippen LogP contribution in [0.3, 0.4) is 0 Å². The lowest BCUT2D eigenvalue weighted by Gasteiger charge is -2.27. The predicted octanol–water partition coefficient (Wildman–Crippen LogP) is 5.46. The Morgan fingerprint density at radius 2 is 1.17 bits per heavy atom. The first kappa shape index (κ1) is 18.1. The SMILES string of the molecule is COC(=O)Oc1ccc(C(C)(C)c2ccc(C(C)(C)C)cc2)cc1. The molecule has 128 valence electrons. The largest absolute Gasteiger partial charge is 0.513 e. The number of hydrogen-bond donors (Lipinski definition) is 0. The van der Waals surface area contributed by atoms with Crippen molar-refractivity contribution in [3.8, 4) is 5.75 Å².